The molecular weight excluding hydrogens is 276 g/mol. The van der Waals surface area contributed by atoms with Crippen molar-refractivity contribution in [2.75, 3.05) is 25.4 Å². The molecule has 0 saturated heterocycles. The van der Waals surface area contributed by atoms with Crippen molar-refractivity contribution in [3.05, 3.63) is 0 Å². The lowest BCUT2D eigenvalue weighted by atomic mass is 9.64. The van der Waals surface area contributed by atoms with Crippen molar-refractivity contribution in [1.29, 1.82) is 0 Å². The van der Waals surface area contributed by atoms with Gasteiger partial charge in [0, 0.05) is 18.6 Å². The van der Waals surface area contributed by atoms with E-state index in [-0.39, 0.29) is 23.3 Å². The van der Waals surface area contributed by atoms with Gasteiger partial charge >= 0.3 is 0 Å². The molecule has 0 aromatic rings. The Bertz CT molecular complexity index is 409. The van der Waals surface area contributed by atoms with Crippen molar-refractivity contribution in [3.8, 4) is 0 Å². The van der Waals surface area contributed by atoms with E-state index in [4.69, 9.17) is 0 Å². The summed E-state index contributed by atoms with van der Waals surface area (Å²) in [5.74, 6) is 0.660. The second-order valence-electron chi connectivity index (χ2n) is 7.02. The highest BCUT2D eigenvalue weighted by molar-refractivity contribution is 7.89. The molecule has 120 valence electrons. The molecule has 0 spiro atoms. The smallest absolute Gasteiger partial charge is 0.211 e. The predicted molar refractivity (Wildman–Crippen MR) is 82.1 cm³/mol. The zero-order valence-electron chi connectivity index (χ0n) is 13.2. The van der Waals surface area contributed by atoms with Crippen LogP contribution < -0.4 is 10.0 Å². The number of hydrogen-bond acceptors (Lipinski definition) is 4. The molecule has 0 bridgehead atoms. The molecule has 1 rings (SSSR count). The molecule has 1 fully saturated rings. The zero-order chi connectivity index (χ0) is 15.4. The molecule has 6 heteroatoms. The molecule has 5 nitrogen and oxygen atoms in total. The van der Waals surface area contributed by atoms with Crippen LogP contribution in [0.4, 0.5) is 0 Å². The van der Waals surface area contributed by atoms with E-state index in [2.05, 4.69) is 30.8 Å². The largest absolute Gasteiger partial charge is 0.394 e. The molecule has 0 heterocycles. The fraction of sp³-hybridized carbons (Fsp3) is 1.00. The van der Waals surface area contributed by atoms with Gasteiger partial charge in [0.2, 0.25) is 10.0 Å². The Morgan fingerprint density at radius 1 is 1.25 bits per heavy atom. The molecular formula is C14H30N2O3S. The first-order chi connectivity index (χ1) is 9.14. The first-order valence-electron chi connectivity index (χ1n) is 7.47. The second-order valence-corrected chi connectivity index (χ2v) is 9.11. The van der Waals surface area contributed by atoms with Crippen LogP contribution in [0.25, 0.3) is 0 Å². The lowest BCUT2D eigenvalue weighted by Crippen LogP contribution is -2.56. The number of hydrogen-bond donors (Lipinski definition) is 3. The maximum atomic E-state index is 11.4. The number of nitrogens with one attached hydrogen (secondary N) is 2. The number of rotatable bonds is 7. The van der Waals surface area contributed by atoms with Crippen LogP contribution in [0.1, 0.15) is 47.0 Å². The molecule has 0 aliphatic heterocycles. The van der Waals surface area contributed by atoms with Gasteiger partial charge in [-0.15, -0.1) is 0 Å². The fourth-order valence-electron chi connectivity index (χ4n) is 3.69. The molecule has 1 aliphatic carbocycles. The lowest BCUT2D eigenvalue weighted by Gasteiger charge is -2.47. The monoisotopic (exact) mass is 306 g/mol. The third-order valence-corrected chi connectivity index (χ3v) is 5.49. The van der Waals surface area contributed by atoms with E-state index in [9.17, 15) is 13.5 Å². The topological polar surface area (TPSA) is 78.4 Å². The van der Waals surface area contributed by atoms with Gasteiger partial charge in [-0.25, -0.2) is 13.1 Å². The van der Waals surface area contributed by atoms with Gasteiger partial charge in [0.25, 0.3) is 0 Å². The van der Waals surface area contributed by atoms with Gasteiger partial charge in [0.15, 0.2) is 0 Å². The van der Waals surface area contributed by atoms with Gasteiger partial charge in [-0.2, -0.15) is 0 Å². The van der Waals surface area contributed by atoms with Crippen molar-refractivity contribution in [1.82, 2.24) is 10.0 Å². The highest BCUT2D eigenvalue weighted by Crippen LogP contribution is 2.43. The van der Waals surface area contributed by atoms with E-state index in [1.165, 1.54) is 6.42 Å². The molecule has 3 N–H and O–H groups in total. The Kier molecular flexibility index (Phi) is 6.01. The summed E-state index contributed by atoms with van der Waals surface area (Å²) in [7, 11) is -3.14. The van der Waals surface area contributed by atoms with Gasteiger partial charge in [-0.1, -0.05) is 20.8 Å². The van der Waals surface area contributed by atoms with Crippen LogP contribution in [-0.4, -0.2) is 44.5 Å². The highest BCUT2D eigenvalue weighted by Gasteiger charge is 2.42. The molecule has 0 amide bonds. The van der Waals surface area contributed by atoms with E-state index < -0.39 is 10.0 Å². The maximum absolute atomic E-state index is 11.4. The lowest BCUT2D eigenvalue weighted by molar-refractivity contribution is 0.0371. The molecule has 0 aromatic heterocycles. The van der Waals surface area contributed by atoms with E-state index in [0.29, 0.717) is 19.0 Å². The fourth-order valence-corrected chi connectivity index (χ4v) is 4.31. The van der Waals surface area contributed by atoms with Gasteiger partial charge < -0.3 is 10.4 Å². The van der Waals surface area contributed by atoms with E-state index in [0.717, 1.165) is 12.8 Å². The normalized spacial score (nSPS) is 30.4. The van der Waals surface area contributed by atoms with E-state index >= 15 is 0 Å². The van der Waals surface area contributed by atoms with Crippen LogP contribution in [0, 0.1) is 11.3 Å². The highest BCUT2D eigenvalue weighted by atomic mass is 32.2. The van der Waals surface area contributed by atoms with Crippen molar-refractivity contribution >= 4 is 10.0 Å². The summed E-state index contributed by atoms with van der Waals surface area (Å²) in [5, 5.41) is 13.2. The van der Waals surface area contributed by atoms with Crippen LogP contribution in [0.3, 0.4) is 0 Å². The van der Waals surface area contributed by atoms with E-state index in [1.807, 2.05) is 0 Å². The van der Waals surface area contributed by atoms with Gasteiger partial charge in [0.05, 0.1) is 12.4 Å². The number of aliphatic hydroxyl groups is 1. The Morgan fingerprint density at radius 3 is 2.40 bits per heavy atom. The van der Waals surface area contributed by atoms with Crippen molar-refractivity contribution in [3.63, 3.8) is 0 Å². The Balaban J connectivity index is 2.54. The third-order valence-electron chi connectivity index (χ3n) is 4.09. The summed E-state index contributed by atoms with van der Waals surface area (Å²) in [6, 6.07) is 0. The summed E-state index contributed by atoms with van der Waals surface area (Å²) >= 11 is 0. The molecule has 0 radical (unpaired) electrons. The summed E-state index contributed by atoms with van der Waals surface area (Å²) < 4.78 is 25.3. The van der Waals surface area contributed by atoms with Crippen molar-refractivity contribution < 1.29 is 13.5 Å². The van der Waals surface area contributed by atoms with Gasteiger partial charge in [0.1, 0.15) is 0 Å². The van der Waals surface area contributed by atoms with Gasteiger partial charge in [-0.3, -0.25) is 0 Å². The summed E-state index contributed by atoms with van der Waals surface area (Å²) in [6.45, 7) is 9.31. The Hall–Kier alpha value is -0.170. The molecule has 2 atom stereocenters. The van der Waals surface area contributed by atoms with Crippen LogP contribution in [0.15, 0.2) is 0 Å². The third kappa shape index (κ3) is 5.31. The maximum Gasteiger partial charge on any atom is 0.211 e. The first-order valence-corrected chi connectivity index (χ1v) is 9.12. The summed E-state index contributed by atoms with van der Waals surface area (Å²) in [6.07, 6.45) is 3.02. The minimum Gasteiger partial charge on any atom is -0.394 e. The van der Waals surface area contributed by atoms with Crippen LogP contribution >= 0.6 is 0 Å². The number of aliphatic hydroxyl groups excluding tert-OH is 1. The minimum absolute atomic E-state index is 0.0985. The van der Waals surface area contributed by atoms with Crippen molar-refractivity contribution in [2.24, 2.45) is 11.3 Å². The molecule has 1 saturated carbocycles. The quantitative estimate of drug-likeness (QED) is 0.615. The van der Waals surface area contributed by atoms with Crippen LogP contribution in [0.2, 0.25) is 0 Å². The Morgan fingerprint density at radius 2 is 1.90 bits per heavy atom. The van der Waals surface area contributed by atoms with E-state index in [1.54, 1.807) is 6.92 Å². The second kappa shape index (κ2) is 6.73. The molecule has 2 unspecified atom stereocenters. The predicted octanol–water partition coefficient (Wildman–Crippen LogP) is 1.09. The molecule has 0 aromatic carbocycles. The summed E-state index contributed by atoms with van der Waals surface area (Å²) in [5.41, 5.74) is -0.0743. The SMILES string of the molecule is CCS(=O)(=O)NCCNC1(CO)CC(C)CC(C)(C)C1. The zero-order valence-corrected chi connectivity index (χ0v) is 14.0. The van der Waals surface area contributed by atoms with Gasteiger partial charge in [-0.05, 0) is 37.5 Å². The van der Waals surface area contributed by atoms with Crippen LogP contribution in [-0.2, 0) is 10.0 Å². The first kappa shape index (κ1) is 17.9. The van der Waals surface area contributed by atoms with Crippen molar-refractivity contribution in [2.45, 2.75) is 52.5 Å². The average Bonchev–Trinajstić information content (AvgIpc) is 2.32. The number of sulfonamides is 1. The summed E-state index contributed by atoms with van der Waals surface area (Å²) in [4.78, 5) is 0. The molecule has 1 aliphatic rings. The Labute approximate surface area is 123 Å². The van der Waals surface area contributed by atoms with Crippen LogP contribution in [0.5, 0.6) is 0 Å². The average molecular weight is 306 g/mol. The standard InChI is InChI=1S/C14H30N2O3S/c1-5-20(18,19)16-7-6-15-14(11-17)9-12(2)8-13(3,4)10-14/h12,15-17H,5-11H2,1-4H3. The molecule has 20 heavy (non-hydrogen) atoms. The minimum atomic E-state index is -3.14.